The summed E-state index contributed by atoms with van der Waals surface area (Å²) >= 11 is 0. The minimum absolute atomic E-state index is 0. The lowest BCUT2D eigenvalue weighted by atomic mass is 10.9. The van der Waals surface area contributed by atoms with E-state index in [2.05, 4.69) is 8.92 Å². The largest absolute Gasteiger partial charge is 0.725 e. The predicted octanol–water partition coefficient (Wildman–Crippen LogP) is -0.167. The highest BCUT2D eigenvalue weighted by Gasteiger charge is 1.90. The first-order valence-electron chi connectivity index (χ1n) is 2.24. The van der Waals surface area contributed by atoms with Crippen molar-refractivity contribution in [1.82, 2.24) is 6.15 Å². The van der Waals surface area contributed by atoms with Crippen molar-refractivity contribution in [1.29, 1.82) is 0 Å². The molecule has 4 N–H and O–H groups in total. The maximum Gasteiger partial charge on any atom is 0.219 e. The van der Waals surface area contributed by atoms with Gasteiger partial charge >= 0.3 is 0 Å². The molecule has 7 heteroatoms. The molecule has 64 valence electrons. The summed E-state index contributed by atoms with van der Waals surface area (Å²) < 4.78 is 37.0. The Hall–Kier alpha value is -0.210. The van der Waals surface area contributed by atoms with E-state index in [-0.39, 0.29) is 6.15 Å². The number of quaternary nitrogens is 1. The van der Waals surface area contributed by atoms with Gasteiger partial charge in [0.1, 0.15) is 0 Å². The highest BCUT2D eigenvalue weighted by atomic mass is 32.3. The van der Waals surface area contributed by atoms with Gasteiger partial charge in [0.15, 0.2) is 6.79 Å². The average Bonchev–Trinajstić information content (AvgIpc) is 1.63. The third-order valence-corrected chi connectivity index (χ3v) is 0.865. The van der Waals surface area contributed by atoms with Crippen LogP contribution >= 0.6 is 0 Å². The molecular weight excluding hydrogens is 162 g/mol. The van der Waals surface area contributed by atoms with E-state index < -0.39 is 17.2 Å². The van der Waals surface area contributed by atoms with Crippen molar-refractivity contribution in [2.75, 3.05) is 13.4 Å². The molecule has 0 spiro atoms. The second-order valence-corrected chi connectivity index (χ2v) is 2.19. The maximum atomic E-state index is 9.65. The summed E-state index contributed by atoms with van der Waals surface area (Å²) in [6.07, 6.45) is 0. The SMILES string of the molecule is CCOCOS(=O)(=O)[O-].[NH4+]. The minimum Gasteiger partial charge on any atom is -0.725 e. The molecule has 0 bridgehead atoms. The highest BCUT2D eigenvalue weighted by Crippen LogP contribution is 1.84. The molecule has 0 aliphatic heterocycles. The van der Waals surface area contributed by atoms with Crippen molar-refractivity contribution < 1.29 is 21.9 Å². The lowest BCUT2D eigenvalue weighted by Crippen LogP contribution is -2.07. The van der Waals surface area contributed by atoms with Crippen molar-refractivity contribution in [3.05, 3.63) is 0 Å². The third-order valence-electron chi connectivity index (χ3n) is 0.480. The van der Waals surface area contributed by atoms with Crippen molar-refractivity contribution in [3.8, 4) is 0 Å². The second-order valence-electron chi connectivity index (χ2n) is 1.14. The summed E-state index contributed by atoms with van der Waals surface area (Å²) in [6, 6.07) is 0. The first-order valence-corrected chi connectivity index (χ1v) is 3.57. The zero-order chi connectivity index (χ0) is 7.33. The molecule has 0 saturated carbocycles. The van der Waals surface area contributed by atoms with Gasteiger partial charge in [0, 0.05) is 6.61 Å². The number of hydrogen-bond acceptors (Lipinski definition) is 5. The smallest absolute Gasteiger partial charge is 0.219 e. The Balaban J connectivity index is 0. The van der Waals surface area contributed by atoms with Gasteiger partial charge in [-0.05, 0) is 6.92 Å². The molecule has 10 heavy (non-hydrogen) atoms. The van der Waals surface area contributed by atoms with E-state index in [1.54, 1.807) is 6.92 Å². The van der Waals surface area contributed by atoms with Gasteiger partial charge in [0.2, 0.25) is 10.4 Å². The Kier molecular flexibility index (Phi) is 6.94. The van der Waals surface area contributed by atoms with Crippen LogP contribution in [0.25, 0.3) is 0 Å². The predicted molar refractivity (Wildman–Crippen MR) is 33.3 cm³/mol. The standard InChI is InChI=1S/C3H8O5S.H3N/c1-2-7-3-8-9(4,5)6;/h2-3H2,1H3,(H,4,5,6);1H3. The van der Waals surface area contributed by atoms with Crippen LogP contribution in [0.4, 0.5) is 0 Å². The Labute approximate surface area is 59.7 Å². The summed E-state index contributed by atoms with van der Waals surface area (Å²) in [4.78, 5) is 0. The molecule has 0 aliphatic carbocycles. The van der Waals surface area contributed by atoms with Crippen molar-refractivity contribution in [2.45, 2.75) is 6.92 Å². The van der Waals surface area contributed by atoms with Crippen LogP contribution in [0.3, 0.4) is 0 Å². The van der Waals surface area contributed by atoms with E-state index in [1.165, 1.54) is 0 Å². The summed E-state index contributed by atoms with van der Waals surface area (Å²) in [5.41, 5.74) is 0. The molecule has 0 atom stereocenters. The number of hydrogen-bond donors (Lipinski definition) is 1. The molecule has 0 fully saturated rings. The van der Waals surface area contributed by atoms with Gasteiger partial charge in [0.05, 0.1) is 0 Å². The summed E-state index contributed by atoms with van der Waals surface area (Å²) in [5, 5.41) is 0. The van der Waals surface area contributed by atoms with E-state index in [0.29, 0.717) is 6.61 Å². The van der Waals surface area contributed by atoms with Gasteiger partial charge in [0.25, 0.3) is 0 Å². The molecule has 0 radical (unpaired) electrons. The van der Waals surface area contributed by atoms with Crippen LogP contribution in [-0.4, -0.2) is 26.4 Å². The zero-order valence-electron chi connectivity index (χ0n) is 5.86. The lowest BCUT2D eigenvalue weighted by Gasteiger charge is -2.05. The van der Waals surface area contributed by atoms with Crippen LogP contribution in [0.2, 0.25) is 0 Å². The fraction of sp³-hybridized carbons (Fsp3) is 1.00. The van der Waals surface area contributed by atoms with Gasteiger partial charge in [-0.25, -0.2) is 8.42 Å². The molecule has 0 saturated heterocycles. The summed E-state index contributed by atoms with van der Waals surface area (Å²) in [6.45, 7) is 1.47. The molecular formula is C3H11NO5S. The van der Waals surface area contributed by atoms with Crippen LogP contribution in [-0.2, 0) is 19.3 Å². The topological polar surface area (TPSA) is 112 Å². The normalized spacial score (nSPS) is 10.6. The first-order chi connectivity index (χ1) is 4.06. The van der Waals surface area contributed by atoms with E-state index in [4.69, 9.17) is 0 Å². The Morgan fingerprint density at radius 1 is 1.50 bits per heavy atom. The molecule has 0 aliphatic rings. The number of rotatable bonds is 4. The van der Waals surface area contributed by atoms with Gasteiger partial charge < -0.3 is 15.4 Å². The summed E-state index contributed by atoms with van der Waals surface area (Å²) in [7, 11) is -4.57. The summed E-state index contributed by atoms with van der Waals surface area (Å²) in [5.74, 6) is 0. The molecule has 0 rings (SSSR count). The van der Waals surface area contributed by atoms with Crippen molar-refractivity contribution in [2.24, 2.45) is 0 Å². The molecule has 6 nitrogen and oxygen atoms in total. The third kappa shape index (κ3) is 10.7. The van der Waals surface area contributed by atoms with Crippen LogP contribution in [0, 0.1) is 0 Å². The van der Waals surface area contributed by atoms with E-state index in [9.17, 15) is 13.0 Å². The van der Waals surface area contributed by atoms with Gasteiger partial charge in [-0.2, -0.15) is 0 Å². The molecule has 0 heterocycles. The average molecular weight is 173 g/mol. The van der Waals surface area contributed by atoms with E-state index in [0.717, 1.165) is 0 Å². The van der Waals surface area contributed by atoms with Crippen molar-refractivity contribution >= 4 is 10.4 Å². The van der Waals surface area contributed by atoms with E-state index >= 15 is 0 Å². The van der Waals surface area contributed by atoms with Gasteiger partial charge in [-0.3, -0.25) is 4.18 Å². The zero-order valence-corrected chi connectivity index (χ0v) is 6.68. The molecule has 0 amide bonds. The monoisotopic (exact) mass is 173 g/mol. The van der Waals surface area contributed by atoms with E-state index in [1.807, 2.05) is 0 Å². The lowest BCUT2D eigenvalue weighted by molar-refractivity contribution is 0.0189. The Morgan fingerprint density at radius 2 is 2.00 bits per heavy atom. The van der Waals surface area contributed by atoms with Crippen molar-refractivity contribution in [3.63, 3.8) is 0 Å². The van der Waals surface area contributed by atoms with Crippen LogP contribution in [0.1, 0.15) is 6.92 Å². The first kappa shape index (κ1) is 12.5. The molecule has 0 aromatic carbocycles. The van der Waals surface area contributed by atoms with Gasteiger partial charge in [-0.1, -0.05) is 0 Å². The van der Waals surface area contributed by atoms with Crippen LogP contribution in [0.15, 0.2) is 0 Å². The Bertz CT molecular complexity index is 152. The maximum absolute atomic E-state index is 9.65. The number of ether oxygens (including phenoxy) is 1. The van der Waals surface area contributed by atoms with Gasteiger partial charge in [-0.15, -0.1) is 0 Å². The second kappa shape index (κ2) is 5.57. The molecule has 0 unspecified atom stereocenters. The fourth-order valence-electron chi connectivity index (χ4n) is 0.176. The Morgan fingerprint density at radius 3 is 2.30 bits per heavy atom. The molecule has 0 aromatic rings. The quantitative estimate of drug-likeness (QED) is 0.274. The van der Waals surface area contributed by atoms with Crippen LogP contribution < -0.4 is 6.15 Å². The molecule has 0 aromatic heterocycles. The fourth-order valence-corrected chi connectivity index (χ4v) is 0.362. The highest BCUT2D eigenvalue weighted by molar-refractivity contribution is 7.80. The minimum atomic E-state index is -4.57. The van der Waals surface area contributed by atoms with Crippen LogP contribution in [0.5, 0.6) is 0 Å².